The summed E-state index contributed by atoms with van der Waals surface area (Å²) in [6.45, 7) is 11.3. The zero-order chi connectivity index (χ0) is 22.2. The van der Waals surface area contributed by atoms with Gasteiger partial charge in [0.1, 0.15) is 5.75 Å². The number of aryl methyl sites for hydroxylation is 2. The van der Waals surface area contributed by atoms with Crippen LogP contribution in [0, 0.1) is 11.3 Å². The van der Waals surface area contributed by atoms with Crippen LogP contribution in [0.5, 0.6) is 5.75 Å². The van der Waals surface area contributed by atoms with Crippen molar-refractivity contribution in [1.29, 1.82) is 0 Å². The van der Waals surface area contributed by atoms with Crippen LogP contribution in [0.15, 0.2) is 42.5 Å². The number of esters is 1. The second-order valence-corrected chi connectivity index (χ2v) is 10.6. The third-order valence-electron chi connectivity index (χ3n) is 8.20. The molecule has 2 heteroatoms. The third kappa shape index (κ3) is 3.83. The maximum absolute atomic E-state index is 13.7. The van der Waals surface area contributed by atoms with E-state index >= 15 is 0 Å². The normalized spacial score (nSPS) is 27.5. The summed E-state index contributed by atoms with van der Waals surface area (Å²) in [4.78, 5) is 13.7. The molecule has 31 heavy (non-hydrogen) atoms. The van der Waals surface area contributed by atoms with E-state index in [-0.39, 0.29) is 11.4 Å². The first-order valence-electron chi connectivity index (χ1n) is 12.2. The minimum atomic E-state index is -0.444. The van der Waals surface area contributed by atoms with Gasteiger partial charge in [-0.3, -0.25) is 4.79 Å². The molecule has 0 unspecified atom stereocenters. The molecular formula is C29H38O2. The van der Waals surface area contributed by atoms with E-state index in [0.29, 0.717) is 11.8 Å². The molecule has 0 amide bonds. The number of carbonyl (C=O) groups excluding carboxylic acids is 1. The Morgan fingerprint density at radius 3 is 2.65 bits per heavy atom. The smallest absolute Gasteiger partial charge is 0.317 e. The predicted octanol–water partition coefficient (Wildman–Crippen LogP) is 7.38. The average Bonchev–Trinajstić information content (AvgIpc) is 2.74. The van der Waals surface area contributed by atoms with E-state index < -0.39 is 5.41 Å². The lowest BCUT2D eigenvalue weighted by Crippen LogP contribution is -2.53. The summed E-state index contributed by atoms with van der Waals surface area (Å²) in [5, 5.41) is 0. The van der Waals surface area contributed by atoms with Gasteiger partial charge >= 0.3 is 5.97 Å². The number of ether oxygens (including phenoxy) is 1. The number of hydrogen-bond donors (Lipinski definition) is 0. The fourth-order valence-corrected chi connectivity index (χ4v) is 6.41. The van der Waals surface area contributed by atoms with Crippen molar-refractivity contribution >= 4 is 5.97 Å². The summed E-state index contributed by atoms with van der Waals surface area (Å²) < 4.78 is 6.13. The predicted molar refractivity (Wildman–Crippen MR) is 128 cm³/mol. The van der Waals surface area contributed by atoms with Crippen molar-refractivity contribution < 1.29 is 9.53 Å². The Morgan fingerprint density at radius 2 is 1.90 bits per heavy atom. The summed E-state index contributed by atoms with van der Waals surface area (Å²) in [5.41, 5.74) is 5.12. The van der Waals surface area contributed by atoms with Gasteiger partial charge in [-0.25, -0.2) is 0 Å². The highest BCUT2D eigenvalue weighted by Gasteiger charge is 2.55. The number of rotatable bonds is 5. The number of carbonyl (C=O) groups is 1. The molecule has 0 aliphatic heterocycles. The molecule has 0 aromatic heterocycles. The van der Waals surface area contributed by atoms with E-state index in [1.807, 2.05) is 18.2 Å². The van der Waals surface area contributed by atoms with Gasteiger partial charge in [-0.1, -0.05) is 76.9 Å². The second-order valence-electron chi connectivity index (χ2n) is 10.6. The Morgan fingerprint density at radius 1 is 1.13 bits per heavy atom. The molecule has 166 valence electrons. The Labute approximate surface area is 188 Å². The maximum Gasteiger partial charge on any atom is 0.317 e. The molecule has 1 saturated carbocycles. The minimum absolute atomic E-state index is 0.0331. The van der Waals surface area contributed by atoms with Gasteiger partial charge in [-0.15, -0.1) is 0 Å². The summed E-state index contributed by atoms with van der Waals surface area (Å²) in [6, 6.07) is 15.1. The lowest BCUT2D eigenvalue weighted by atomic mass is 9.49. The Kier molecular flexibility index (Phi) is 6.03. The topological polar surface area (TPSA) is 26.3 Å². The van der Waals surface area contributed by atoms with Gasteiger partial charge < -0.3 is 4.74 Å². The van der Waals surface area contributed by atoms with E-state index in [0.717, 1.165) is 56.3 Å². The molecule has 3 atom stereocenters. The highest BCUT2D eigenvalue weighted by Crippen LogP contribution is 2.57. The van der Waals surface area contributed by atoms with Crippen molar-refractivity contribution in [2.75, 3.05) is 0 Å². The van der Waals surface area contributed by atoms with Crippen molar-refractivity contribution in [2.45, 2.75) is 90.9 Å². The van der Waals surface area contributed by atoms with Crippen molar-refractivity contribution in [3.05, 3.63) is 64.7 Å². The van der Waals surface area contributed by atoms with Gasteiger partial charge in [-0.2, -0.15) is 0 Å². The fourth-order valence-electron chi connectivity index (χ4n) is 6.41. The van der Waals surface area contributed by atoms with Crippen LogP contribution in [0.2, 0.25) is 0 Å². The number of hydrogen-bond acceptors (Lipinski definition) is 2. The first-order chi connectivity index (χ1) is 14.8. The number of fused-ring (bicyclic) bond motifs is 3. The van der Waals surface area contributed by atoms with Gasteiger partial charge in [0.2, 0.25) is 0 Å². The van der Waals surface area contributed by atoms with Gasteiger partial charge in [-0.05, 0) is 84.6 Å². The summed E-state index contributed by atoms with van der Waals surface area (Å²) in [7, 11) is 0. The van der Waals surface area contributed by atoms with E-state index in [9.17, 15) is 4.79 Å². The van der Waals surface area contributed by atoms with Crippen molar-refractivity contribution in [3.8, 4) is 5.75 Å². The van der Waals surface area contributed by atoms with Crippen LogP contribution in [-0.4, -0.2) is 5.97 Å². The molecule has 2 aromatic carbocycles. The number of benzene rings is 2. The Hall–Kier alpha value is -2.09. The number of para-hydroxylation sites is 1. The Bertz CT molecular complexity index is 959. The SMILES string of the molecule is CCCc1ccccc1OC(=O)[C@]1(C)CCC[C@]2(C)c3ccc(C(C)C)cc3CC[C@@H]12. The zero-order valence-electron chi connectivity index (χ0n) is 20.0. The molecule has 0 bridgehead atoms. The van der Waals surface area contributed by atoms with Crippen LogP contribution in [0.25, 0.3) is 0 Å². The molecule has 4 rings (SSSR count). The molecule has 0 saturated heterocycles. The van der Waals surface area contributed by atoms with E-state index in [2.05, 4.69) is 58.9 Å². The average molecular weight is 419 g/mol. The molecule has 1 fully saturated rings. The van der Waals surface area contributed by atoms with E-state index in [4.69, 9.17) is 4.74 Å². The summed E-state index contributed by atoms with van der Waals surface area (Å²) >= 11 is 0. The van der Waals surface area contributed by atoms with Crippen molar-refractivity contribution in [3.63, 3.8) is 0 Å². The fraction of sp³-hybridized carbons (Fsp3) is 0.552. The molecule has 2 aromatic rings. The molecule has 0 heterocycles. The minimum Gasteiger partial charge on any atom is -0.426 e. The summed E-state index contributed by atoms with van der Waals surface area (Å²) in [5.74, 6) is 1.58. The molecule has 2 nitrogen and oxygen atoms in total. The van der Waals surface area contributed by atoms with Crippen LogP contribution in [0.4, 0.5) is 0 Å². The van der Waals surface area contributed by atoms with Gasteiger partial charge in [0.15, 0.2) is 0 Å². The van der Waals surface area contributed by atoms with Crippen LogP contribution >= 0.6 is 0 Å². The van der Waals surface area contributed by atoms with Crippen LogP contribution < -0.4 is 4.74 Å². The van der Waals surface area contributed by atoms with Crippen LogP contribution in [0.3, 0.4) is 0 Å². The highest BCUT2D eigenvalue weighted by atomic mass is 16.5. The standard InChI is InChI=1S/C29H38O2/c1-6-10-21-11-7-8-12-25(21)31-27(30)29(5)18-9-17-28(4)24-15-13-22(20(2)3)19-23(24)14-16-26(28)29/h7-8,11-13,15,19-20,26H,6,9-10,14,16-18H2,1-5H3/t26-,28-,29-/m1/s1. The van der Waals surface area contributed by atoms with Gasteiger partial charge in [0.25, 0.3) is 0 Å². The van der Waals surface area contributed by atoms with Crippen molar-refractivity contribution in [1.82, 2.24) is 0 Å². The molecule has 0 N–H and O–H groups in total. The molecular weight excluding hydrogens is 380 g/mol. The van der Waals surface area contributed by atoms with Crippen LogP contribution in [-0.2, 0) is 23.1 Å². The molecule has 0 radical (unpaired) electrons. The van der Waals surface area contributed by atoms with Gasteiger partial charge in [0.05, 0.1) is 5.41 Å². The molecule has 2 aliphatic rings. The van der Waals surface area contributed by atoms with E-state index in [1.54, 1.807) is 0 Å². The van der Waals surface area contributed by atoms with Crippen molar-refractivity contribution in [2.24, 2.45) is 11.3 Å². The summed E-state index contributed by atoms with van der Waals surface area (Å²) in [6.07, 6.45) is 7.25. The molecule has 2 aliphatic carbocycles. The zero-order valence-corrected chi connectivity index (χ0v) is 20.0. The molecule has 0 spiro atoms. The second kappa shape index (κ2) is 8.45. The highest BCUT2D eigenvalue weighted by molar-refractivity contribution is 5.80. The van der Waals surface area contributed by atoms with Crippen LogP contribution in [0.1, 0.15) is 94.9 Å². The Balaban J connectivity index is 1.65. The van der Waals surface area contributed by atoms with Gasteiger partial charge in [0, 0.05) is 0 Å². The van der Waals surface area contributed by atoms with E-state index in [1.165, 1.54) is 16.7 Å². The first-order valence-corrected chi connectivity index (χ1v) is 12.2. The lowest BCUT2D eigenvalue weighted by Gasteiger charge is -2.54. The third-order valence-corrected chi connectivity index (χ3v) is 8.20. The quantitative estimate of drug-likeness (QED) is 0.374. The largest absolute Gasteiger partial charge is 0.426 e. The lowest BCUT2D eigenvalue weighted by molar-refractivity contribution is -0.154. The first kappa shape index (κ1) is 22.1. The maximum atomic E-state index is 13.7. The monoisotopic (exact) mass is 418 g/mol.